The maximum atomic E-state index is 10.1. The summed E-state index contributed by atoms with van der Waals surface area (Å²) >= 11 is 5.83. The first-order valence-corrected chi connectivity index (χ1v) is 6.13. The number of ether oxygens (including phenoxy) is 1. The molecule has 18 heavy (non-hydrogen) atoms. The van der Waals surface area contributed by atoms with Gasteiger partial charge in [-0.1, -0.05) is 12.1 Å². The molecule has 1 heterocycles. The van der Waals surface area contributed by atoms with Crippen molar-refractivity contribution in [3.8, 4) is 5.75 Å². The average molecular weight is 267 g/mol. The van der Waals surface area contributed by atoms with Gasteiger partial charge in [0.2, 0.25) is 0 Å². The van der Waals surface area contributed by atoms with Crippen molar-refractivity contribution in [1.82, 2.24) is 0 Å². The minimum atomic E-state index is -0.788. The Morgan fingerprint density at radius 2 is 1.83 bits per heavy atom. The number of aliphatic hydroxyl groups excluding tert-OH is 1. The molecule has 0 aliphatic heterocycles. The van der Waals surface area contributed by atoms with Gasteiger partial charge in [-0.25, -0.2) is 0 Å². The normalized spacial score (nSPS) is 12.7. The zero-order valence-corrected chi connectivity index (χ0v) is 11.0. The van der Waals surface area contributed by atoms with Crippen molar-refractivity contribution < 1.29 is 14.3 Å². The number of benzene rings is 1. The molecule has 0 amide bonds. The number of hydrogen-bond acceptors (Lipinski definition) is 3. The van der Waals surface area contributed by atoms with Crippen molar-refractivity contribution in [2.24, 2.45) is 0 Å². The highest BCUT2D eigenvalue weighted by Gasteiger charge is 2.16. The summed E-state index contributed by atoms with van der Waals surface area (Å²) in [6.45, 7) is 3.93. The van der Waals surface area contributed by atoms with Crippen LogP contribution in [-0.4, -0.2) is 11.2 Å². The molecule has 2 aromatic rings. The highest BCUT2D eigenvalue weighted by atomic mass is 35.5. The average Bonchev–Trinajstić information content (AvgIpc) is 2.75. The number of aliphatic hydroxyl groups is 1. The molecule has 1 unspecified atom stereocenters. The number of hydrogen-bond donors (Lipinski definition) is 1. The Bertz CT molecular complexity index is 502. The van der Waals surface area contributed by atoms with Gasteiger partial charge >= 0.3 is 0 Å². The van der Waals surface area contributed by atoms with E-state index in [1.807, 2.05) is 38.1 Å². The monoisotopic (exact) mass is 266 g/mol. The van der Waals surface area contributed by atoms with E-state index in [0.29, 0.717) is 5.56 Å². The highest BCUT2D eigenvalue weighted by molar-refractivity contribution is 6.29. The van der Waals surface area contributed by atoms with Crippen LogP contribution in [-0.2, 0) is 0 Å². The predicted molar refractivity (Wildman–Crippen MR) is 70.0 cm³/mol. The van der Waals surface area contributed by atoms with Crippen molar-refractivity contribution in [2.45, 2.75) is 26.1 Å². The zero-order valence-electron chi connectivity index (χ0n) is 10.3. The molecule has 0 aliphatic rings. The second-order valence-electron chi connectivity index (χ2n) is 4.29. The zero-order chi connectivity index (χ0) is 13.1. The van der Waals surface area contributed by atoms with Gasteiger partial charge in [0.05, 0.1) is 12.4 Å². The first-order valence-electron chi connectivity index (χ1n) is 5.75. The minimum absolute atomic E-state index is 0.129. The SMILES string of the molecule is CC(C)Oc1ccc(C(O)c2ccoc2Cl)cc1. The fourth-order valence-corrected chi connectivity index (χ4v) is 1.90. The van der Waals surface area contributed by atoms with Gasteiger partial charge in [0.15, 0.2) is 5.22 Å². The molecule has 0 bridgehead atoms. The van der Waals surface area contributed by atoms with Crippen molar-refractivity contribution in [2.75, 3.05) is 0 Å². The quantitative estimate of drug-likeness (QED) is 0.915. The van der Waals surface area contributed by atoms with Gasteiger partial charge in [0, 0.05) is 5.56 Å². The number of halogens is 1. The van der Waals surface area contributed by atoms with Crippen molar-refractivity contribution >= 4 is 11.6 Å². The summed E-state index contributed by atoms with van der Waals surface area (Å²) in [5.74, 6) is 0.777. The van der Waals surface area contributed by atoms with E-state index in [9.17, 15) is 5.11 Å². The molecular formula is C14H15ClO3. The summed E-state index contributed by atoms with van der Waals surface area (Å²) in [5.41, 5.74) is 1.31. The lowest BCUT2D eigenvalue weighted by Crippen LogP contribution is -2.05. The Kier molecular flexibility index (Phi) is 3.94. The Morgan fingerprint density at radius 3 is 2.33 bits per heavy atom. The van der Waals surface area contributed by atoms with Crippen molar-refractivity contribution in [3.05, 3.63) is 52.9 Å². The van der Waals surface area contributed by atoms with Crippen LogP contribution in [0, 0.1) is 0 Å². The summed E-state index contributed by atoms with van der Waals surface area (Å²) in [5, 5.41) is 10.4. The van der Waals surface area contributed by atoms with Gasteiger partial charge in [0.1, 0.15) is 11.9 Å². The van der Waals surface area contributed by atoms with Gasteiger partial charge in [-0.15, -0.1) is 0 Å². The van der Waals surface area contributed by atoms with E-state index in [1.54, 1.807) is 6.07 Å². The van der Waals surface area contributed by atoms with E-state index in [4.69, 9.17) is 20.8 Å². The molecule has 4 heteroatoms. The second kappa shape index (κ2) is 5.46. The van der Waals surface area contributed by atoms with Gasteiger partial charge in [-0.3, -0.25) is 0 Å². The molecule has 1 aromatic carbocycles. The standard InChI is InChI=1S/C14H15ClO3/c1-9(2)18-11-5-3-10(4-6-11)13(16)12-7-8-17-14(12)15/h3-9,13,16H,1-2H3. The molecule has 0 saturated heterocycles. The number of rotatable bonds is 4. The lowest BCUT2D eigenvalue weighted by molar-refractivity contribution is 0.218. The van der Waals surface area contributed by atoms with Gasteiger partial charge in [-0.05, 0) is 49.2 Å². The molecule has 96 valence electrons. The third-order valence-corrected chi connectivity index (χ3v) is 2.82. The molecule has 1 atom stereocenters. The summed E-state index contributed by atoms with van der Waals surface area (Å²) in [4.78, 5) is 0. The van der Waals surface area contributed by atoms with Crippen molar-refractivity contribution in [3.63, 3.8) is 0 Å². The van der Waals surface area contributed by atoms with E-state index in [-0.39, 0.29) is 11.3 Å². The predicted octanol–water partition coefficient (Wildman–Crippen LogP) is 3.80. The van der Waals surface area contributed by atoms with Gasteiger partial charge in [-0.2, -0.15) is 0 Å². The lowest BCUT2D eigenvalue weighted by Gasteiger charge is -2.12. The van der Waals surface area contributed by atoms with E-state index >= 15 is 0 Å². The van der Waals surface area contributed by atoms with E-state index in [1.165, 1.54) is 6.26 Å². The summed E-state index contributed by atoms with van der Waals surface area (Å²) < 4.78 is 10.5. The molecule has 1 aromatic heterocycles. The van der Waals surface area contributed by atoms with Crippen LogP contribution in [0.3, 0.4) is 0 Å². The molecule has 0 aliphatic carbocycles. The summed E-state index contributed by atoms with van der Waals surface area (Å²) in [6, 6.07) is 8.93. The van der Waals surface area contributed by atoms with Crippen LogP contribution in [0.15, 0.2) is 41.0 Å². The lowest BCUT2D eigenvalue weighted by atomic mass is 10.0. The van der Waals surface area contributed by atoms with Gasteiger partial charge in [0.25, 0.3) is 0 Å². The third-order valence-electron chi connectivity index (χ3n) is 2.51. The largest absolute Gasteiger partial charge is 0.491 e. The summed E-state index contributed by atoms with van der Waals surface area (Å²) in [7, 11) is 0. The first-order chi connectivity index (χ1) is 8.58. The Labute approximate surface area is 111 Å². The van der Waals surface area contributed by atoms with Crippen LogP contribution in [0.2, 0.25) is 5.22 Å². The molecule has 0 saturated carbocycles. The molecule has 0 spiro atoms. The van der Waals surface area contributed by atoms with Crippen LogP contribution >= 0.6 is 11.6 Å². The van der Waals surface area contributed by atoms with E-state index < -0.39 is 6.10 Å². The Morgan fingerprint density at radius 1 is 1.17 bits per heavy atom. The van der Waals surface area contributed by atoms with E-state index in [0.717, 1.165) is 11.3 Å². The van der Waals surface area contributed by atoms with Crippen molar-refractivity contribution in [1.29, 1.82) is 0 Å². The topological polar surface area (TPSA) is 42.6 Å². The first kappa shape index (κ1) is 13.0. The Hall–Kier alpha value is -1.45. The smallest absolute Gasteiger partial charge is 0.199 e. The molecular weight excluding hydrogens is 252 g/mol. The maximum Gasteiger partial charge on any atom is 0.199 e. The fourth-order valence-electron chi connectivity index (χ4n) is 1.68. The van der Waals surface area contributed by atoms with Crippen LogP contribution in [0.25, 0.3) is 0 Å². The fraction of sp³-hybridized carbons (Fsp3) is 0.286. The molecule has 1 N–H and O–H groups in total. The van der Waals surface area contributed by atoms with Crippen LogP contribution in [0.1, 0.15) is 31.1 Å². The summed E-state index contributed by atoms with van der Waals surface area (Å²) in [6.07, 6.45) is 0.797. The molecule has 0 fully saturated rings. The molecule has 0 radical (unpaired) electrons. The Balaban J connectivity index is 2.17. The third kappa shape index (κ3) is 2.86. The van der Waals surface area contributed by atoms with Crippen LogP contribution in [0.4, 0.5) is 0 Å². The minimum Gasteiger partial charge on any atom is -0.491 e. The van der Waals surface area contributed by atoms with Crippen LogP contribution in [0.5, 0.6) is 5.75 Å². The second-order valence-corrected chi connectivity index (χ2v) is 4.63. The number of furan rings is 1. The molecule has 3 nitrogen and oxygen atoms in total. The highest BCUT2D eigenvalue weighted by Crippen LogP contribution is 2.29. The molecule has 2 rings (SSSR count). The van der Waals surface area contributed by atoms with E-state index in [2.05, 4.69) is 0 Å². The maximum absolute atomic E-state index is 10.1. The van der Waals surface area contributed by atoms with Gasteiger partial charge < -0.3 is 14.3 Å². The van der Waals surface area contributed by atoms with Crippen LogP contribution < -0.4 is 4.74 Å².